The van der Waals surface area contributed by atoms with E-state index in [0.717, 1.165) is 5.69 Å². The van der Waals surface area contributed by atoms with E-state index >= 15 is 0 Å². The zero-order chi connectivity index (χ0) is 13.0. The number of aryl methyl sites for hydroxylation is 2. The minimum atomic E-state index is 0.0481. The lowest BCUT2D eigenvalue weighted by atomic mass is 10.1. The average Bonchev–Trinajstić information content (AvgIpc) is 2.96. The van der Waals surface area contributed by atoms with Gasteiger partial charge in [-0.15, -0.1) is 0 Å². The molecule has 0 saturated heterocycles. The SMILES string of the molecule is Cn1nccc1CCC(=O)c1cn(CCN)cn1. The first-order valence-corrected chi connectivity index (χ1v) is 5.92. The van der Waals surface area contributed by atoms with Crippen LogP contribution in [0.1, 0.15) is 22.6 Å². The third kappa shape index (κ3) is 2.84. The normalized spacial score (nSPS) is 10.8. The number of Topliss-reactive ketones (excluding diaryl/α,β-unsaturated/α-hetero) is 1. The summed E-state index contributed by atoms with van der Waals surface area (Å²) in [6.45, 7) is 1.22. The van der Waals surface area contributed by atoms with Gasteiger partial charge in [-0.1, -0.05) is 0 Å². The second-order valence-corrected chi connectivity index (χ2v) is 4.15. The first-order valence-electron chi connectivity index (χ1n) is 5.92. The summed E-state index contributed by atoms with van der Waals surface area (Å²) in [5, 5.41) is 4.07. The number of nitrogens with two attached hydrogens (primary N) is 1. The molecule has 2 heterocycles. The summed E-state index contributed by atoms with van der Waals surface area (Å²) < 4.78 is 3.61. The zero-order valence-corrected chi connectivity index (χ0v) is 10.4. The van der Waals surface area contributed by atoms with Crippen molar-refractivity contribution in [1.29, 1.82) is 0 Å². The van der Waals surface area contributed by atoms with Crippen molar-refractivity contribution in [1.82, 2.24) is 19.3 Å². The monoisotopic (exact) mass is 247 g/mol. The minimum absolute atomic E-state index is 0.0481. The predicted molar refractivity (Wildman–Crippen MR) is 67.1 cm³/mol. The van der Waals surface area contributed by atoms with Gasteiger partial charge in [-0.2, -0.15) is 5.10 Å². The number of imidazole rings is 1. The van der Waals surface area contributed by atoms with Crippen LogP contribution < -0.4 is 5.73 Å². The van der Waals surface area contributed by atoms with E-state index < -0.39 is 0 Å². The highest BCUT2D eigenvalue weighted by Crippen LogP contribution is 2.06. The molecule has 0 fully saturated rings. The van der Waals surface area contributed by atoms with Crippen LogP contribution in [0.4, 0.5) is 0 Å². The van der Waals surface area contributed by atoms with Crippen molar-refractivity contribution in [2.24, 2.45) is 12.8 Å². The van der Waals surface area contributed by atoms with Crippen molar-refractivity contribution < 1.29 is 4.79 Å². The van der Waals surface area contributed by atoms with Crippen LogP contribution in [0.2, 0.25) is 0 Å². The Hall–Kier alpha value is -1.95. The maximum Gasteiger partial charge on any atom is 0.183 e. The van der Waals surface area contributed by atoms with Gasteiger partial charge < -0.3 is 10.3 Å². The maximum absolute atomic E-state index is 11.9. The molecule has 2 rings (SSSR count). The molecule has 0 atom stereocenters. The molecule has 0 aliphatic rings. The standard InChI is InChI=1S/C12H17N5O/c1-16-10(4-6-15-16)2-3-12(18)11-8-17(7-5-13)9-14-11/h4,6,8-9H,2-3,5,7,13H2,1H3. The van der Waals surface area contributed by atoms with E-state index in [4.69, 9.17) is 5.73 Å². The molecule has 18 heavy (non-hydrogen) atoms. The largest absolute Gasteiger partial charge is 0.335 e. The molecule has 0 amide bonds. The molecule has 2 aromatic heterocycles. The second-order valence-electron chi connectivity index (χ2n) is 4.15. The maximum atomic E-state index is 11.9. The molecule has 0 bridgehead atoms. The Kier molecular flexibility index (Phi) is 3.88. The molecule has 0 radical (unpaired) electrons. The average molecular weight is 247 g/mol. The Bertz CT molecular complexity index is 528. The summed E-state index contributed by atoms with van der Waals surface area (Å²) in [5.74, 6) is 0.0481. The highest BCUT2D eigenvalue weighted by molar-refractivity contribution is 5.94. The van der Waals surface area contributed by atoms with E-state index in [0.29, 0.717) is 31.6 Å². The quantitative estimate of drug-likeness (QED) is 0.749. The van der Waals surface area contributed by atoms with Crippen molar-refractivity contribution in [2.45, 2.75) is 19.4 Å². The van der Waals surface area contributed by atoms with Gasteiger partial charge in [0.25, 0.3) is 0 Å². The van der Waals surface area contributed by atoms with Crippen LogP contribution >= 0.6 is 0 Å². The van der Waals surface area contributed by atoms with E-state index in [-0.39, 0.29) is 5.78 Å². The number of rotatable bonds is 6. The Morgan fingerprint density at radius 1 is 1.50 bits per heavy atom. The molecule has 2 N–H and O–H groups in total. The van der Waals surface area contributed by atoms with Crippen LogP contribution in [0.3, 0.4) is 0 Å². The van der Waals surface area contributed by atoms with Crippen molar-refractivity contribution in [2.75, 3.05) is 6.54 Å². The fraction of sp³-hybridized carbons (Fsp3) is 0.417. The lowest BCUT2D eigenvalue weighted by Crippen LogP contribution is -2.08. The summed E-state index contributed by atoms with van der Waals surface area (Å²) in [5.41, 5.74) is 6.99. The van der Waals surface area contributed by atoms with Crippen LogP contribution in [-0.2, 0) is 20.0 Å². The number of hydrogen-bond acceptors (Lipinski definition) is 4. The Morgan fingerprint density at radius 3 is 3.00 bits per heavy atom. The van der Waals surface area contributed by atoms with Crippen LogP contribution in [0, 0.1) is 0 Å². The summed E-state index contributed by atoms with van der Waals surface area (Å²) >= 11 is 0. The molecule has 6 heteroatoms. The fourth-order valence-corrected chi connectivity index (χ4v) is 1.79. The van der Waals surface area contributed by atoms with Crippen LogP contribution in [-0.4, -0.2) is 31.7 Å². The van der Waals surface area contributed by atoms with E-state index in [2.05, 4.69) is 10.1 Å². The van der Waals surface area contributed by atoms with Crippen molar-refractivity contribution >= 4 is 5.78 Å². The fourth-order valence-electron chi connectivity index (χ4n) is 1.79. The number of ketones is 1. The Balaban J connectivity index is 1.93. The number of carbonyl (C=O) groups is 1. The number of nitrogens with zero attached hydrogens (tertiary/aromatic N) is 4. The molecule has 0 aromatic carbocycles. The van der Waals surface area contributed by atoms with E-state index in [9.17, 15) is 4.79 Å². The van der Waals surface area contributed by atoms with Crippen LogP contribution in [0.25, 0.3) is 0 Å². The highest BCUT2D eigenvalue weighted by Gasteiger charge is 2.10. The topological polar surface area (TPSA) is 78.7 Å². The van der Waals surface area contributed by atoms with Gasteiger partial charge in [-0.05, 0) is 12.5 Å². The smallest absolute Gasteiger partial charge is 0.183 e. The van der Waals surface area contributed by atoms with Crippen LogP contribution in [0.5, 0.6) is 0 Å². The third-order valence-corrected chi connectivity index (χ3v) is 2.84. The zero-order valence-electron chi connectivity index (χ0n) is 10.4. The molecule has 6 nitrogen and oxygen atoms in total. The van der Waals surface area contributed by atoms with Gasteiger partial charge in [0.1, 0.15) is 5.69 Å². The molecular formula is C12H17N5O. The van der Waals surface area contributed by atoms with Crippen molar-refractivity contribution in [3.8, 4) is 0 Å². The van der Waals surface area contributed by atoms with Gasteiger partial charge in [0, 0.05) is 44.6 Å². The highest BCUT2D eigenvalue weighted by atomic mass is 16.1. The number of aromatic nitrogens is 4. The third-order valence-electron chi connectivity index (χ3n) is 2.84. The van der Waals surface area contributed by atoms with Gasteiger partial charge in [0.2, 0.25) is 0 Å². The van der Waals surface area contributed by atoms with Crippen LogP contribution in [0.15, 0.2) is 24.8 Å². The molecular weight excluding hydrogens is 230 g/mol. The molecule has 0 saturated carbocycles. The second kappa shape index (κ2) is 5.59. The minimum Gasteiger partial charge on any atom is -0.335 e. The van der Waals surface area contributed by atoms with E-state index in [1.165, 1.54) is 0 Å². The predicted octanol–water partition coefficient (Wildman–Crippen LogP) is 0.391. The summed E-state index contributed by atoms with van der Waals surface area (Å²) in [4.78, 5) is 16.0. The van der Waals surface area contributed by atoms with Gasteiger partial charge in [0.15, 0.2) is 5.78 Å². The molecule has 2 aromatic rings. The molecule has 0 aliphatic carbocycles. The van der Waals surface area contributed by atoms with Gasteiger partial charge in [-0.25, -0.2) is 4.98 Å². The first kappa shape index (κ1) is 12.5. The molecule has 0 aliphatic heterocycles. The summed E-state index contributed by atoms with van der Waals surface area (Å²) in [6.07, 6.45) is 6.25. The summed E-state index contributed by atoms with van der Waals surface area (Å²) in [7, 11) is 1.87. The van der Waals surface area contributed by atoms with E-state index in [1.807, 2.05) is 17.7 Å². The van der Waals surface area contributed by atoms with Crippen molar-refractivity contribution in [3.63, 3.8) is 0 Å². The van der Waals surface area contributed by atoms with Crippen molar-refractivity contribution in [3.05, 3.63) is 36.2 Å². The van der Waals surface area contributed by atoms with E-state index in [1.54, 1.807) is 23.4 Å². The van der Waals surface area contributed by atoms with Gasteiger partial charge >= 0.3 is 0 Å². The molecule has 0 spiro atoms. The number of carbonyl (C=O) groups excluding carboxylic acids is 1. The first-order chi connectivity index (χ1) is 8.70. The summed E-state index contributed by atoms with van der Waals surface area (Å²) in [6, 6.07) is 1.92. The number of hydrogen-bond donors (Lipinski definition) is 1. The lowest BCUT2D eigenvalue weighted by molar-refractivity contribution is 0.0978. The Morgan fingerprint density at radius 2 is 2.33 bits per heavy atom. The lowest BCUT2D eigenvalue weighted by Gasteiger charge is -2.00. The van der Waals surface area contributed by atoms with Gasteiger partial charge in [-0.3, -0.25) is 9.48 Å². The molecule has 0 unspecified atom stereocenters. The molecule has 96 valence electrons. The Labute approximate surface area is 105 Å². The van der Waals surface area contributed by atoms with Gasteiger partial charge in [0.05, 0.1) is 6.33 Å².